The van der Waals surface area contributed by atoms with Crippen LogP contribution < -0.4 is 9.80 Å². The lowest BCUT2D eigenvalue weighted by atomic mass is 10.0. The van der Waals surface area contributed by atoms with Gasteiger partial charge in [-0.25, -0.2) is 9.83 Å². The van der Waals surface area contributed by atoms with E-state index in [1.54, 1.807) is 43.3 Å². The van der Waals surface area contributed by atoms with Gasteiger partial charge in [0.05, 0.1) is 41.1 Å². The smallest absolute Gasteiger partial charge is 0.246 e. The maximum absolute atomic E-state index is 13.1. The van der Waals surface area contributed by atoms with Crippen LogP contribution in [0.25, 0.3) is 26.9 Å². The Morgan fingerprint density at radius 2 is 1.81 bits per heavy atom. The standard InChI is InChI=1S/C28H24ClN5O2/c1-28(2,36)19-9-12-24(31-15-19)33-13-14-34(25(35)17-33)23-16-32-27-21(5-4-6-22(27)26(23)29)18-7-10-20(30-3)11-8-18/h4-12,15-16,36H,13-14,17H2,1-2H3. The largest absolute Gasteiger partial charge is 0.386 e. The molecular weight excluding hydrogens is 474 g/mol. The Bertz CT molecular complexity index is 1490. The molecule has 8 heteroatoms. The molecule has 7 nitrogen and oxygen atoms in total. The van der Waals surface area contributed by atoms with Gasteiger partial charge < -0.3 is 14.9 Å². The Morgan fingerprint density at radius 1 is 1.03 bits per heavy atom. The molecule has 1 N–H and O–H groups in total. The molecule has 3 heterocycles. The third kappa shape index (κ3) is 4.37. The lowest BCUT2D eigenvalue weighted by Crippen LogP contribution is -2.51. The number of anilines is 2. The van der Waals surface area contributed by atoms with Crippen molar-refractivity contribution in [1.82, 2.24) is 9.97 Å². The Morgan fingerprint density at radius 3 is 2.44 bits per heavy atom. The SMILES string of the molecule is [C-]#[N+]c1ccc(-c2cccc3c(Cl)c(N4CCN(c5ccc(C(C)(C)O)cn5)CC4=O)cnc23)cc1. The molecule has 2 aromatic carbocycles. The molecule has 1 aliphatic heterocycles. The van der Waals surface area contributed by atoms with E-state index in [0.717, 1.165) is 22.0 Å². The summed E-state index contributed by atoms with van der Waals surface area (Å²) in [5, 5.41) is 11.4. The van der Waals surface area contributed by atoms with Crippen molar-refractivity contribution in [2.75, 3.05) is 29.4 Å². The summed E-state index contributed by atoms with van der Waals surface area (Å²) in [7, 11) is 0. The van der Waals surface area contributed by atoms with Gasteiger partial charge in [-0.2, -0.15) is 0 Å². The van der Waals surface area contributed by atoms with Gasteiger partial charge in [-0.15, -0.1) is 0 Å². The molecule has 0 spiro atoms. The fraction of sp³-hybridized carbons (Fsp3) is 0.214. The van der Waals surface area contributed by atoms with Crippen LogP contribution in [0.2, 0.25) is 5.02 Å². The molecule has 0 saturated carbocycles. The average molecular weight is 498 g/mol. The van der Waals surface area contributed by atoms with Crippen LogP contribution in [0.15, 0.2) is 67.0 Å². The van der Waals surface area contributed by atoms with Crippen LogP contribution in [-0.4, -0.2) is 40.6 Å². The number of hydrogen-bond donors (Lipinski definition) is 1. The zero-order valence-electron chi connectivity index (χ0n) is 19.9. The van der Waals surface area contributed by atoms with Crippen LogP contribution >= 0.6 is 11.6 Å². The molecule has 0 bridgehead atoms. The van der Waals surface area contributed by atoms with Gasteiger partial charge >= 0.3 is 0 Å². The van der Waals surface area contributed by atoms with Crippen LogP contribution in [0.1, 0.15) is 19.4 Å². The number of aromatic nitrogens is 2. The molecular formula is C28H24ClN5O2. The quantitative estimate of drug-likeness (QED) is 0.372. The number of rotatable bonds is 4. The van der Waals surface area contributed by atoms with E-state index in [9.17, 15) is 9.90 Å². The second kappa shape index (κ2) is 9.23. The number of nitrogens with zero attached hydrogens (tertiary/aromatic N) is 5. The van der Waals surface area contributed by atoms with Crippen molar-refractivity contribution in [3.63, 3.8) is 0 Å². The zero-order valence-corrected chi connectivity index (χ0v) is 20.7. The van der Waals surface area contributed by atoms with Crippen molar-refractivity contribution in [3.8, 4) is 11.1 Å². The number of aliphatic hydroxyl groups is 1. The van der Waals surface area contributed by atoms with Crippen LogP contribution in [0.4, 0.5) is 17.2 Å². The highest BCUT2D eigenvalue weighted by molar-refractivity contribution is 6.39. The molecule has 2 aromatic heterocycles. The fourth-order valence-corrected chi connectivity index (χ4v) is 4.68. The molecule has 0 atom stereocenters. The minimum Gasteiger partial charge on any atom is -0.386 e. The summed E-state index contributed by atoms with van der Waals surface area (Å²) in [5.41, 5.74) is 3.50. The van der Waals surface area contributed by atoms with Crippen molar-refractivity contribution in [2.24, 2.45) is 0 Å². The molecule has 1 fully saturated rings. The predicted octanol–water partition coefficient (Wildman–Crippen LogP) is 5.58. The van der Waals surface area contributed by atoms with Gasteiger partial charge in [0.1, 0.15) is 5.82 Å². The highest BCUT2D eigenvalue weighted by Crippen LogP contribution is 2.37. The Labute approximate surface area is 214 Å². The summed E-state index contributed by atoms with van der Waals surface area (Å²) in [4.78, 5) is 29.3. The van der Waals surface area contributed by atoms with E-state index >= 15 is 0 Å². The van der Waals surface area contributed by atoms with Crippen molar-refractivity contribution in [3.05, 3.63) is 89.0 Å². The summed E-state index contributed by atoms with van der Waals surface area (Å²) < 4.78 is 0. The van der Waals surface area contributed by atoms with E-state index in [1.807, 2.05) is 47.4 Å². The van der Waals surface area contributed by atoms with Gasteiger partial charge in [-0.3, -0.25) is 9.78 Å². The molecule has 180 valence electrons. The molecule has 1 aliphatic rings. The molecule has 1 saturated heterocycles. The fourth-order valence-electron chi connectivity index (χ4n) is 4.38. The normalized spacial score (nSPS) is 14.2. The summed E-state index contributed by atoms with van der Waals surface area (Å²) in [6.07, 6.45) is 3.30. The number of carbonyl (C=O) groups is 1. The van der Waals surface area contributed by atoms with Crippen LogP contribution in [0.3, 0.4) is 0 Å². The number of amides is 1. The first-order valence-corrected chi connectivity index (χ1v) is 11.9. The van der Waals surface area contributed by atoms with Crippen molar-refractivity contribution < 1.29 is 9.90 Å². The molecule has 5 rings (SSSR count). The van der Waals surface area contributed by atoms with E-state index in [-0.39, 0.29) is 12.5 Å². The molecule has 0 unspecified atom stereocenters. The van der Waals surface area contributed by atoms with E-state index in [1.165, 1.54) is 0 Å². The second-order valence-corrected chi connectivity index (χ2v) is 9.63. The van der Waals surface area contributed by atoms with E-state index in [0.29, 0.717) is 40.9 Å². The molecule has 1 amide bonds. The Balaban J connectivity index is 1.41. The van der Waals surface area contributed by atoms with Crippen LogP contribution in [0.5, 0.6) is 0 Å². The van der Waals surface area contributed by atoms with Gasteiger partial charge in [0.15, 0.2) is 5.69 Å². The first-order chi connectivity index (χ1) is 17.3. The third-order valence-electron chi connectivity index (χ3n) is 6.41. The van der Waals surface area contributed by atoms with E-state index in [2.05, 4.69) is 9.83 Å². The summed E-state index contributed by atoms with van der Waals surface area (Å²) >= 11 is 6.84. The van der Waals surface area contributed by atoms with Crippen LogP contribution in [0, 0.1) is 6.57 Å². The minimum absolute atomic E-state index is 0.0939. The van der Waals surface area contributed by atoms with Crippen molar-refractivity contribution in [1.29, 1.82) is 0 Å². The predicted molar refractivity (Wildman–Crippen MR) is 142 cm³/mol. The first kappa shape index (κ1) is 23.7. The van der Waals surface area contributed by atoms with Gasteiger partial charge in [0.25, 0.3) is 0 Å². The third-order valence-corrected chi connectivity index (χ3v) is 6.81. The summed E-state index contributed by atoms with van der Waals surface area (Å²) in [6, 6.07) is 16.8. The molecule has 36 heavy (non-hydrogen) atoms. The Kier molecular flexibility index (Phi) is 6.09. The maximum atomic E-state index is 13.1. The van der Waals surface area contributed by atoms with Crippen LogP contribution in [-0.2, 0) is 10.4 Å². The van der Waals surface area contributed by atoms with E-state index in [4.69, 9.17) is 23.2 Å². The monoisotopic (exact) mass is 497 g/mol. The highest BCUT2D eigenvalue weighted by Gasteiger charge is 2.28. The number of fused-ring (bicyclic) bond motifs is 1. The number of para-hydroxylation sites is 1. The number of halogens is 1. The number of piperazine rings is 1. The summed E-state index contributed by atoms with van der Waals surface area (Å²) in [6.45, 7) is 11.8. The zero-order chi connectivity index (χ0) is 25.4. The van der Waals surface area contributed by atoms with Crippen molar-refractivity contribution >= 4 is 45.6 Å². The number of carbonyl (C=O) groups excluding carboxylic acids is 1. The number of benzene rings is 2. The minimum atomic E-state index is -0.971. The Hall–Kier alpha value is -3.99. The highest BCUT2D eigenvalue weighted by atomic mass is 35.5. The molecule has 0 radical (unpaired) electrons. The van der Waals surface area contributed by atoms with Gasteiger partial charge in [-0.1, -0.05) is 60.1 Å². The van der Waals surface area contributed by atoms with Crippen molar-refractivity contribution in [2.45, 2.75) is 19.4 Å². The average Bonchev–Trinajstić information content (AvgIpc) is 2.89. The first-order valence-electron chi connectivity index (χ1n) is 11.6. The topological polar surface area (TPSA) is 73.9 Å². The van der Waals surface area contributed by atoms with E-state index < -0.39 is 5.60 Å². The lowest BCUT2D eigenvalue weighted by Gasteiger charge is -2.35. The second-order valence-electron chi connectivity index (χ2n) is 9.25. The summed E-state index contributed by atoms with van der Waals surface area (Å²) in [5.74, 6) is 0.594. The molecule has 4 aromatic rings. The van der Waals surface area contributed by atoms with Gasteiger partial charge in [-0.05, 0) is 25.5 Å². The number of hydrogen-bond acceptors (Lipinski definition) is 5. The maximum Gasteiger partial charge on any atom is 0.246 e. The number of pyridine rings is 2. The van der Waals surface area contributed by atoms with Gasteiger partial charge in [0, 0.05) is 35.8 Å². The van der Waals surface area contributed by atoms with Gasteiger partial charge in [0.2, 0.25) is 5.91 Å². The lowest BCUT2D eigenvalue weighted by molar-refractivity contribution is -0.117. The molecule has 0 aliphatic carbocycles.